The average molecular weight is 472 g/mol. The summed E-state index contributed by atoms with van der Waals surface area (Å²) >= 11 is 6.06. The number of nitrogens with one attached hydrogen (secondary N) is 2. The van der Waals surface area contributed by atoms with Gasteiger partial charge in [-0.05, 0) is 17.7 Å². The minimum Gasteiger partial charge on any atom is -0.359 e. The molecule has 0 aliphatic carbocycles. The third kappa shape index (κ3) is 5.04. The largest absolute Gasteiger partial charge is 0.359 e. The molecule has 0 spiro atoms. The number of carbonyl (C=O) groups is 2. The number of piperazine rings is 1. The fourth-order valence-electron chi connectivity index (χ4n) is 4.20. The number of amides is 2. The molecular weight excluding hydrogens is 442 g/mol. The van der Waals surface area contributed by atoms with Gasteiger partial charge in [-0.15, -0.1) is 0 Å². The van der Waals surface area contributed by atoms with Crippen LogP contribution in [-0.2, 0) is 9.59 Å². The van der Waals surface area contributed by atoms with Gasteiger partial charge in [0.15, 0.2) is 11.6 Å². The Morgan fingerprint density at radius 2 is 1.85 bits per heavy atom. The Labute approximate surface area is 199 Å². The summed E-state index contributed by atoms with van der Waals surface area (Å²) in [5.41, 5.74) is 1.64. The van der Waals surface area contributed by atoms with Crippen LogP contribution in [0.5, 0.6) is 0 Å². The first-order valence-electron chi connectivity index (χ1n) is 11.2. The van der Waals surface area contributed by atoms with Crippen LogP contribution in [0, 0.1) is 0 Å². The minimum atomic E-state index is -0.281. The summed E-state index contributed by atoms with van der Waals surface area (Å²) in [5, 5.41) is 7.12. The van der Waals surface area contributed by atoms with Crippen LogP contribution in [0.4, 0.5) is 17.3 Å². The fraction of sp³-hybridized carbons (Fsp3) is 0.478. The van der Waals surface area contributed by atoms with Gasteiger partial charge in [-0.25, -0.2) is 9.97 Å². The Morgan fingerprint density at radius 3 is 2.52 bits per heavy atom. The summed E-state index contributed by atoms with van der Waals surface area (Å²) < 4.78 is 0. The lowest BCUT2D eigenvalue weighted by Gasteiger charge is -2.39. The van der Waals surface area contributed by atoms with E-state index in [-0.39, 0.29) is 30.3 Å². The molecule has 2 aliphatic rings. The van der Waals surface area contributed by atoms with Gasteiger partial charge in [0.2, 0.25) is 11.8 Å². The predicted octanol–water partition coefficient (Wildman–Crippen LogP) is 1.95. The lowest BCUT2D eigenvalue weighted by Crippen LogP contribution is -2.52. The van der Waals surface area contributed by atoms with Crippen LogP contribution >= 0.6 is 11.6 Å². The van der Waals surface area contributed by atoms with Crippen molar-refractivity contribution in [1.82, 2.24) is 20.2 Å². The van der Waals surface area contributed by atoms with Crippen molar-refractivity contribution in [2.75, 3.05) is 61.4 Å². The summed E-state index contributed by atoms with van der Waals surface area (Å²) in [7, 11) is 1.74. The highest BCUT2D eigenvalue weighted by Gasteiger charge is 2.32. The van der Waals surface area contributed by atoms with Gasteiger partial charge in [0.1, 0.15) is 12.0 Å². The fourth-order valence-corrected chi connectivity index (χ4v) is 4.32. The number of carbonyl (C=O) groups excluding carboxylic acids is 2. The van der Waals surface area contributed by atoms with E-state index in [2.05, 4.69) is 39.3 Å². The zero-order valence-corrected chi connectivity index (χ0v) is 20.0. The summed E-state index contributed by atoms with van der Waals surface area (Å²) in [6.45, 7) is 7.34. The van der Waals surface area contributed by atoms with Gasteiger partial charge in [-0.2, -0.15) is 0 Å². The molecule has 1 aromatic heterocycles. The minimum absolute atomic E-state index is 0.0316. The standard InChI is InChI=1S/C23H30ClN7O2/c1-15(2)25-12-18(16-4-6-17(24)7-5-16)23(33)31-10-8-30(9-11-31)22-20-21(27-14-28-22)26-13-19(32)29(20)3/h4-7,14-15,18,25H,8-13H2,1-3H3,(H,26,27,28). The van der Waals surface area contributed by atoms with Gasteiger partial charge >= 0.3 is 0 Å². The van der Waals surface area contributed by atoms with Crippen molar-refractivity contribution in [3.8, 4) is 0 Å². The van der Waals surface area contributed by atoms with E-state index < -0.39 is 0 Å². The van der Waals surface area contributed by atoms with E-state index in [9.17, 15) is 9.59 Å². The first kappa shape index (κ1) is 23.3. The molecule has 0 bridgehead atoms. The Balaban J connectivity index is 1.48. The van der Waals surface area contributed by atoms with Crippen LogP contribution in [0.2, 0.25) is 5.02 Å². The number of fused-ring (bicyclic) bond motifs is 1. The van der Waals surface area contributed by atoms with Crippen LogP contribution in [0.1, 0.15) is 25.3 Å². The predicted molar refractivity (Wildman–Crippen MR) is 130 cm³/mol. The van der Waals surface area contributed by atoms with Crippen molar-refractivity contribution in [3.05, 3.63) is 41.2 Å². The summed E-state index contributed by atoms with van der Waals surface area (Å²) in [4.78, 5) is 40.1. The van der Waals surface area contributed by atoms with Crippen LogP contribution in [0.15, 0.2) is 30.6 Å². The average Bonchev–Trinajstić information content (AvgIpc) is 2.82. The Morgan fingerprint density at radius 1 is 1.15 bits per heavy atom. The Hall–Kier alpha value is -2.91. The highest BCUT2D eigenvalue weighted by Crippen LogP contribution is 2.35. The molecule has 2 amide bonds. The number of benzene rings is 1. The normalized spacial score (nSPS) is 17.1. The van der Waals surface area contributed by atoms with Gasteiger partial charge in [0, 0.05) is 50.8 Å². The molecule has 1 fully saturated rings. The second-order valence-corrected chi connectivity index (χ2v) is 9.12. The number of hydrogen-bond donors (Lipinski definition) is 2. The zero-order valence-electron chi connectivity index (χ0n) is 19.2. The number of aromatic nitrogens is 2. The highest BCUT2D eigenvalue weighted by molar-refractivity contribution is 6.30. The van der Waals surface area contributed by atoms with Crippen LogP contribution < -0.4 is 20.4 Å². The van der Waals surface area contributed by atoms with E-state index in [1.54, 1.807) is 11.9 Å². The number of nitrogens with zero attached hydrogens (tertiary/aromatic N) is 5. The van der Waals surface area contributed by atoms with Crippen LogP contribution in [-0.4, -0.2) is 79.0 Å². The molecule has 2 aromatic rings. The van der Waals surface area contributed by atoms with Crippen molar-refractivity contribution >= 4 is 40.7 Å². The molecule has 1 unspecified atom stereocenters. The number of halogens is 1. The Kier molecular flexibility index (Phi) is 6.99. The molecule has 0 radical (unpaired) electrons. The van der Waals surface area contributed by atoms with Crippen LogP contribution in [0.25, 0.3) is 0 Å². The van der Waals surface area contributed by atoms with Gasteiger partial charge in [0.25, 0.3) is 0 Å². The lowest BCUT2D eigenvalue weighted by molar-refractivity contribution is -0.133. The summed E-state index contributed by atoms with van der Waals surface area (Å²) in [5.74, 6) is 1.16. The van der Waals surface area contributed by atoms with Crippen molar-refractivity contribution < 1.29 is 9.59 Å². The molecule has 4 rings (SSSR count). The maximum atomic E-state index is 13.5. The van der Waals surface area contributed by atoms with E-state index >= 15 is 0 Å². The van der Waals surface area contributed by atoms with Gasteiger partial charge in [-0.3, -0.25) is 9.59 Å². The van der Waals surface area contributed by atoms with E-state index in [4.69, 9.17) is 11.6 Å². The quantitative estimate of drug-likeness (QED) is 0.665. The molecule has 0 saturated carbocycles. The highest BCUT2D eigenvalue weighted by atomic mass is 35.5. The van der Waals surface area contributed by atoms with Crippen molar-refractivity contribution in [1.29, 1.82) is 0 Å². The molecule has 3 heterocycles. The number of anilines is 3. The number of likely N-dealkylation sites (N-methyl/N-ethyl adjacent to an activating group) is 1. The molecule has 2 N–H and O–H groups in total. The maximum absolute atomic E-state index is 13.5. The Bertz CT molecular complexity index is 1010. The van der Waals surface area contributed by atoms with E-state index in [1.807, 2.05) is 29.2 Å². The van der Waals surface area contributed by atoms with Gasteiger partial charge in [0.05, 0.1) is 12.5 Å². The van der Waals surface area contributed by atoms with E-state index in [1.165, 1.54) is 6.33 Å². The molecule has 1 saturated heterocycles. The lowest BCUT2D eigenvalue weighted by atomic mass is 9.96. The molecule has 1 atom stereocenters. The number of hydrogen-bond acceptors (Lipinski definition) is 7. The zero-order chi connectivity index (χ0) is 23.5. The summed E-state index contributed by atoms with van der Waals surface area (Å²) in [6, 6.07) is 7.79. The maximum Gasteiger partial charge on any atom is 0.246 e. The number of rotatable bonds is 6. The van der Waals surface area contributed by atoms with Crippen molar-refractivity contribution in [2.24, 2.45) is 0 Å². The third-order valence-corrected chi connectivity index (χ3v) is 6.36. The topological polar surface area (TPSA) is 93.7 Å². The van der Waals surface area contributed by atoms with E-state index in [0.717, 1.165) is 5.56 Å². The second-order valence-electron chi connectivity index (χ2n) is 8.68. The molecule has 1 aromatic carbocycles. The van der Waals surface area contributed by atoms with Crippen molar-refractivity contribution in [3.63, 3.8) is 0 Å². The SMILES string of the molecule is CC(C)NCC(C(=O)N1CCN(c2ncnc3c2N(C)C(=O)CN3)CC1)c1ccc(Cl)cc1. The molecule has 10 heteroatoms. The first-order valence-corrected chi connectivity index (χ1v) is 11.6. The smallest absolute Gasteiger partial charge is 0.246 e. The third-order valence-electron chi connectivity index (χ3n) is 6.11. The second kappa shape index (κ2) is 9.93. The molecule has 9 nitrogen and oxygen atoms in total. The summed E-state index contributed by atoms with van der Waals surface area (Å²) in [6.07, 6.45) is 1.51. The molecular formula is C23H30ClN7O2. The molecule has 176 valence electrons. The molecule has 33 heavy (non-hydrogen) atoms. The first-order chi connectivity index (χ1) is 15.8. The van der Waals surface area contributed by atoms with E-state index in [0.29, 0.717) is 55.1 Å². The van der Waals surface area contributed by atoms with Crippen LogP contribution in [0.3, 0.4) is 0 Å². The molecule has 2 aliphatic heterocycles. The van der Waals surface area contributed by atoms with Gasteiger partial charge in [-0.1, -0.05) is 37.6 Å². The van der Waals surface area contributed by atoms with Crippen molar-refractivity contribution in [2.45, 2.75) is 25.8 Å². The monoisotopic (exact) mass is 471 g/mol. The van der Waals surface area contributed by atoms with Gasteiger partial charge < -0.3 is 25.3 Å².